The van der Waals surface area contributed by atoms with Crippen LogP contribution in [0.4, 0.5) is 0 Å². The second-order valence-corrected chi connectivity index (χ2v) is 5.27. The fourth-order valence-corrected chi connectivity index (χ4v) is 2.19. The van der Waals surface area contributed by atoms with Gasteiger partial charge in [0.05, 0.1) is 0 Å². The zero-order valence-corrected chi connectivity index (χ0v) is 10.9. The van der Waals surface area contributed by atoms with Gasteiger partial charge in [0.1, 0.15) is 5.78 Å². The van der Waals surface area contributed by atoms with Crippen LogP contribution >= 0.6 is 0 Å². The van der Waals surface area contributed by atoms with E-state index in [0.717, 1.165) is 32.1 Å². The van der Waals surface area contributed by atoms with Gasteiger partial charge in [-0.2, -0.15) is 0 Å². The molecule has 0 N–H and O–H groups in total. The maximum Gasteiger partial charge on any atom is 0.136 e. The Labute approximate surface area is 99.6 Å². The Balaban J connectivity index is 2.74. The molecule has 0 saturated heterocycles. The van der Waals surface area contributed by atoms with Gasteiger partial charge in [-0.25, -0.2) is 0 Å². The summed E-state index contributed by atoms with van der Waals surface area (Å²) in [7, 11) is 0. The van der Waals surface area contributed by atoms with E-state index in [0.29, 0.717) is 11.7 Å². The third-order valence-corrected chi connectivity index (χ3v) is 3.71. The van der Waals surface area contributed by atoms with Crippen LogP contribution < -0.4 is 0 Å². The van der Waals surface area contributed by atoms with Crippen LogP contribution in [-0.2, 0) is 4.79 Å². The minimum atomic E-state index is 0.229. The predicted octanol–water partition coefficient (Wildman–Crippen LogP) is 4.29. The molecule has 0 aromatic carbocycles. The molecule has 16 heavy (non-hydrogen) atoms. The fraction of sp³-hybridized carbons (Fsp3) is 0.667. The van der Waals surface area contributed by atoms with Crippen molar-refractivity contribution in [3.05, 3.63) is 23.8 Å². The molecular weight excluding hydrogens is 196 g/mol. The number of ketones is 1. The summed E-state index contributed by atoms with van der Waals surface area (Å²) in [5, 5.41) is 0. The summed E-state index contributed by atoms with van der Waals surface area (Å²) in [4.78, 5) is 11.8. The SMILES string of the molecule is C=C(C)[C@H]1C/C=C(\C)CCC(=O)C(C)CC1. The summed E-state index contributed by atoms with van der Waals surface area (Å²) in [5.74, 6) is 1.21. The minimum absolute atomic E-state index is 0.229. The number of rotatable bonds is 1. The van der Waals surface area contributed by atoms with Gasteiger partial charge in [0.2, 0.25) is 0 Å². The molecule has 0 amide bonds. The zero-order valence-electron chi connectivity index (χ0n) is 10.9. The van der Waals surface area contributed by atoms with Crippen LogP contribution in [0.2, 0.25) is 0 Å². The van der Waals surface area contributed by atoms with Crippen LogP contribution in [0.25, 0.3) is 0 Å². The average Bonchev–Trinajstić information content (AvgIpc) is 2.23. The van der Waals surface area contributed by atoms with Crippen LogP contribution in [0.15, 0.2) is 23.8 Å². The Morgan fingerprint density at radius 2 is 2.06 bits per heavy atom. The van der Waals surface area contributed by atoms with Gasteiger partial charge in [-0.05, 0) is 45.4 Å². The standard InChI is InChI=1S/C15H24O/c1-11(2)14-8-5-12(3)6-10-15(16)13(4)7-9-14/h5,13-14H,1,6-10H2,2-4H3/b12-5+/t13?,14-/m0/s1. The molecule has 1 rings (SSSR count). The number of carbonyl (C=O) groups is 1. The van der Waals surface area contributed by atoms with E-state index in [2.05, 4.69) is 33.4 Å². The first kappa shape index (κ1) is 13.2. The Hall–Kier alpha value is -0.850. The Morgan fingerprint density at radius 3 is 2.69 bits per heavy atom. The lowest BCUT2D eigenvalue weighted by atomic mass is 9.85. The van der Waals surface area contributed by atoms with Crippen molar-refractivity contribution in [1.29, 1.82) is 0 Å². The van der Waals surface area contributed by atoms with Gasteiger partial charge in [0.25, 0.3) is 0 Å². The molecule has 0 fully saturated rings. The first-order chi connectivity index (χ1) is 7.50. The fourth-order valence-electron chi connectivity index (χ4n) is 2.19. The van der Waals surface area contributed by atoms with E-state index in [1.54, 1.807) is 0 Å². The molecular formula is C15H24O. The quantitative estimate of drug-likeness (QED) is 0.602. The highest BCUT2D eigenvalue weighted by Gasteiger charge is 2.17. The molecule has 1 nitrogen and oxygen atoms in total. The van der Waals surface area contributed by atoms with Crippen LogP contribution in [0.3, 0.4) is 0 Å². The van der Waals surface area contributed by atoms with Gasteiger partial charge in [-0.3, -0.25) is 4.79 Å². The lowest BCUT2D eigenvalue weighted by Gasteiger charge is -2.20. The molecule has 1 unspecified atom stereocenters. The molecule has 1 aliphatic carbocycles. The van der Waals surface area contributed by atoms with Crippen molar-refractivity contribution < 1.29 is 4.79 Å². The van der Waals surface area contributed by atoms with Gasteiger partial charge in [0, 0.05) is 12.3 Å². The molecule has 0 radical (unpaired) electrons. The summed E-state index contributed by atoms with van der Waals surface area (Å²) in [6, 6.07) is 0. The molecule has 1 heteroatoms. The first-order valence-corrected chi connectivity index (χ1v) is 6.34. The highest BCUT2D eigenvalue weighted by molar-refractivity contribution is 5.80. The van der Waals surface area contributed by atoms with E-state index in [1.165, 1.54) is 11.1 Å². The number of hydrogen-bond acceptors (Lipinski definition) is 1. The topological polar surface area (TPSA) is 17.1 Å². The smallest absolute Gasteiger partial charge is 0.136 e. The van der Waals surface area contributed by atoms with Crippen molar-refractivity contribution in [2.24, 2.45) is 11.8 Å². The number of hydrogen-bond donors (Lipinski definition) is 0. The second kappa shape index (κ2) is 6.03. The van der Waals surface area contributed by atoms with Crippen molar-refractivity contribution in [1.82, 2.24) is 0 Å². The highest BCUT2D eigenvalue weighted by atomic mass is 16.1. The Kier molecular flexibility index (Phi) is 4.98. The Morgan fingerprint density at radius 1 is 1.38 bits per heavy atom. The second-order valence-electron chi connectivity index (χ2n) is 5.27. The van der Waals surface area contributed by atoms with Crippen molar-refractivity contribution in [2.75, 3.05) is 0 Å². The maximum atomic E-state index is 11.8. The lowest BCUT2D eigenvalue weighted by molar-refractivity contribution is -0.122. The average molecular weight is 220 g/mol. The summed E-state index contributed by atoms with van der Waals surface area (Å²) in [5.41, 5.74) is 2.61. The number of Topliss-reactive ketones (excluding diaryl/α,β-unsaturated/α-hetero) is 1. The summed E-state index contributed by atoms with van der Waals surface area (Å²) in [6.45, 7) is 10.4. The molecule has 0 saturated carbocycles. The van der Waals surface area contributed by atoms with Crippen molar-refractivity contribution >= 4 is 5.78 Å². The highest BCUT2D eigenvalue weighted by Crippen LogP contribution is 2.26. The van der Waals surface area contributed by atoms with E-state index in [9.17, 15) is 4.79 Å². The predicted molar refractivity (Wildman–Crippen MR) is 69.3 cm³/mol. The van der Waals surface area contributed by atoms with E-state index in [4.69, 9.17) is 0 Å². The summed E-state index contributed by atoms with van der Waals surface area (Å²) >= 11 is 0. The van der Waals surface area contributed by atoms with Crippen molar-refractivity contribution in [2.45, 2.75) is 52.9 Å². The third kappa shape index (κ3) is 3.96. The van der Waals surface area contributed by atoms with E-state index in [1.807, 2.05) is 0 Å². The van der Waals surface area contributed by atoms with Gasteiger partial charge < -0.3 is 0 Å². The largest absolute Gasteiger partial charge is 0.299 e. The molecule has 0 heterocycles. The van der Waals surface area contributed by atoms with Crippen molar-refractivity contribution in [3.8, 4) is 0 Å². The van der Waals surface area contributed by atoms with Gasteiger partial charge in [0.15, 0.2) is 0 Å². The normalized spacial score (nSPS) is 31.7. The molecule has 1 aliphatic rings. The van der Waals surface area contributed by atoms with Gasteiger partial charge in [-0.1, -0.05) is 30.7 Å². The van der Waals surface area contributed by atoms with E-state index in [-0.39, 0.29) is 5.92 Å². The third-order valence-electron chi connectivity index (χ3n) is 3.71. The number of carbonyl (C=O) groups excluding carboxylic acids is 1. The molecule has 0 bridgehead atoms. The van der Waals surface area contributed by atoms with Crippen LogP contribution in [0, 0.1) is 11.8 Å². The van der Waals surface area contributed by atoms with Crippen molar-refractivity contribution in [3.63, 3.8) is 0 Å². The van der Waals surface area contributed by atoms with E-state index < -0.39 is 0 Å². The molecule has 0 aromatic heterocycles. The molecule has 0 aromatic rings. The maximum absolute atomic E-state index is 11.8. The molecule has 0 aliphatic heterocycles. The molecule has 90 valence electrons. The summed E-state index contributed by atoms with van der Waals surface area (Å²) in [6.07, 6.45) is 7.17. The monoisotopic (exact) mass is 220 g/mol. The van der Waals surface area contributed by atoms with E-state index >= 15 is 0 Å². The van der Waals surface area contributed by atoms with Crippen LogP contribution in [-0.4, -0.2) is 5.78 Å². The minimum Gasteiger partial charge on any atom is -0.299 e. The number of allylic oxidation sites excluding steroid dienone is 3. The summed E-state index contributed by atoms with van der Waals surface area (Å²) < 4.78 is 0. The van der Waals surface area contributed by atoms with Crippen LogP contribution in [0.5, 0.6) is 0 Å². The first-order valence-electron chi connectivity index (χ1n) is 6.34. The van der Waals surface area contributed by atoms with Crippen LogP contribution in [0.1, 0.15) is 52.9 Å². The Bertz CT molecular complexity index is 299. The molecule has 0 spiro atoms. The molecule has 2 atom stereocenters. The lowest BCUT2D eigenvalue weighted by Crippen LogP contribution is -2.14. The van der Waals surface area contributed by atoms with Gasteiger partial charge >= 0.3 is 0 Å². The zero-order chi connectivity index (χ0) is 12.1. The van der Waals surface area contributed by atoms with Gasteiger partial charge in [-0.15, -0.1) is 0 Å².